The summed E-state index contributed by atoms with van der Waals surface area (Å²) in [5.74, 6) is 0.203. The van der Waals surface area contributed by atoms with E-state index in [1.165, 1.54) is 38.5 Å². The molecule has 3 heteroatoms. The van der Waals surface area contributed by atoms with Crippen LogP contribution in [0.4, 0.5) is 0 Å². The molecule has 0 unspecified atom stereocenters. The smallest absolute Gasteiger partial charge is 0.221 e. The van der Waals surface area contributed by atoms with Crippen LogP contribution in [0.15, 0.2) is 0 Å². The highest BCUT2D eigenvalue weighted by molar-refractivity contribution is 5.76. The topological polar surface area (TPSA) is 41.1 Å². The Hall–Kier alpha value is -0.570. The number of rotatable bonds is 10. The third kappa shape index (κ3) is 7.70. The first-order valence-electron chi connectivity index (χ1n) is 7.53. The van der Waals surface area contributed by atoms with Crippen LogP contribution in [0.5, 0.6) is 0 Å². The van der Waals surface area contributed by atoms with Gasteiger partial charge in [-0.2, -0.15) is 0 Å². The van der Waals surface area contributed by atoms with E-state index in [2.05, 4.69) is 31.4 Å². The van der Waals surface area contributed by atoms with E-state index in [0.29, 0.717) is 17.9 Å². The molecule has 0 radical (unpaired) electrons. The van der Waals surface area contributed by atoms with Crippen LogP contribution in [-0.2, 0) is 4.79 Å². The van der Waals surface area contributed by atoms with E-state index in [9.17, 15) is 4.79 Å². The summed E-state index contributed by atoms with van der Waals surface area (Å²) in [5.41, 5.74) is 0.349. The first-order valence-corrected chi connectivity index (χ1v) is 7.53. The summed E-state index contributed by atoms with van der Waals surface area (Å²) in [6.07, 6.45) is 8.14. The van der Waals surface area contributed by atoms with E-state index >= 15 is 0 Å². The van der Waals surface area contributed by atoms with Gasteiger partial charge < -0.3 is 10.6 Å². The van der Waals surface area contributed by atoms with Crippen molar-refractivity contribution in [3.8, 4) is 0 Å². The number of amides is 1. The molecule has 1 rings (SSSR count). The summed E-state index contributed by atoms with van der Waals surface area (Å²) in [6.45, 7) is 8.66. The van der Waals surface area contributed by atoms with Crippen molar-refractivity contribution in [1.82, 2.24) is 10.6 Å². The van der Waals surface area contributed by atoms with Gasteiger partial charge in [0, 0.05) is 25.6 Å². The van der Waals surface area contributed by atoms with Crippen LogP contribution < -0.4 is 10.6 Å². The van der Waals surface area contributed by atoms with Gasteiger partial charge in [-0.1, -0.05) is 40.0 Å². The van der Waals surface area contributed by atoms with Gasteiger partial charge in [0.2, 0.25) is 5.91 Å². The predicted octanol–water partition coefficient (Wildman–Crippen LogP) is 2.85. The summed E-state index contributed by atoms with van der Waals surface area (Å²) in [6, 6.07) is 0.489. The zero-order valence-electron chi connectivity index (χ0n) is 12.3. The van der Waals surface area contributed by atoms with Gasteiger partial charge in [-0.25, -0.2) is 0 Å². The van der Waals surface area contributed by atoms with Crippen molar-refractivity contribution in [1.29, 1.82) is 0 Å². The molecule has 0 aromatic heterocycles. The van der Waals surface area contributed by atoms with Gasteiger partial charge in [-0.15, -0.1) is 0 Å². The number of carbonyl (C=O) groups excluding carboxylic acids is 1. The van der Waals surface area contributed by atoms with E-state index in [1.54, 1.807) is 0 Å². The van der Waals surface area contributed by atoms with Gasteiger partial charge in [0.05, 0.1) is 0 Å². The fourth-order valence-corrected chi connectivity index (χ4v) is 2.10. The maximum atomic E-state index is 11.5. The van der Waals surface area contributed by atoms with E-state index in [1.807, 2.05) is 0 Å². The number of nitrogens with one attached hydrogen (secondary N) is 2. The molecule has 0 aliphatic heterocycles. The lowest BCUT2D eigenvalue weighted by molar-refractivity contribution is -0.121. The Morgan fingerprint density at radius 1 is 1.28 bits per heavy atom. The molecule has 0 saturated heterocycles. The molecule has 106 valence electrons. The standard InChI is InChI=1S/C15H30N2O/c1-4-5-6-10-15(2,3)12-16-11-9-14(18)17-13-7-8-13/h13,16H,4-12H2,1-3H3,(H,17,18). The van der Waals surface area contributed by atoms with Crippen molar-refractivity contribution in [2.75, 3.05) is 13.1 Å². The molecule has 1 fully saturated rings. The van der Waals surface area contributed by atoms with Crippen LogP contribution in [0.3, 0.4) is 0 Å². The summed E-state index contributed by atoms with van der Waals surface area (Å²) < 4.78 is 0. The molecule has 0 aromatic rings. The molecular weight excluding hydrogens is 224 g/mol. The molecule has 0 atom stereocenters. The van der Waals surface area contributed by atoms with Crippen molar-refractivity contribution in [2.24, 2.45) is 5.41 Å². The Balaban J connectivity index is 1.99. The van der Waals surface area contributed by atoms with Gasteiger partial charge in [0.1, 0.15) is 0 Å². The van der Waals surface area contributed by atoms with Crippen LogP contribution in [0, 0.1) is 5.41 Å². The molecule has 18 heavy (non-hydrogen) atoms. The van der Waals surface area contributed by atoms with Crippen LogP contribution in [0.2, 0.25) is 0 Å². The molecule has 0 spiro atoms. The fourth-order valence-electron chi connectivity index (χ4n) is 2.10. The average Bonchev–Trinajstić information content (AvgIpc) is 3.08. The van der Waals surface area contributed by atoms with Crippen molar-refractivity contribution >= 4 is 5.91 Å². The predicted molar refractivity (Wildman–Crippen MR) is 76.6 cm³/mol. The Kier molecular flexibility index (Phi) is 6.69. The Morgan fingerprint density at radius 3 is 2.61 bits per heavy atom. The van der Waals surface area contributed by atoms with Crippen LogP contribution in [-0.4, -0.2) is 25.0 Å². The number of unbranched alkanes of at least 4 members (excludes halogenated alkanes) is 2. The number of hydrogen-bond acceptors (Lipinski definition) is 2. The van der Waals surface area contributed by atoms with Crippen molar-refractivity contribution < 1.29 is 4.79 Å². The molecule has 1 aliphatic rings. The highest BCUT2D eigenvalue weighted by Gasteiger charge is 2.23. The monoisotopic (exact) mass is 254 g/mol. The number of carbonyl (C=O) groups is 1. The SMILES string of the molecule is CCCCCC(C)(C)CNCCC(=O)NC1CC1. The highest BCUT2D eigenvalue weighted by Crippen LogP contribution is 2.22. The lowest BCUT2D eigenvalue weighted by Gasteiger charge is -2.25. The minimum Gasteiger partial charge on any atom is -0.353 e. The molecule has 1 saturated carbocycles. The summed E-state index contributed by atoms with van der Waals surface area (Å²) in [4.78, 5) is 11.5. The fraction of sp³-hybridized carbons (Fsp3) is 0.933. The van der Waals surface area contributed by atoms with Crippen LogP contribution in [0.25, 0.3) is 0 Å². The lowest BCUT2D eigenvalue weighted by Crippen LogP contribution is -2.33. The van der Waals surface area contributed by atoms with Crippen LogP contribution in [0.1, 0.15) is 65.7 Å². The van der Waals surface area contributed by atoms with Gasteiger partial charge in [0.15, 0.2) is 0 Å². The second-order valence-corrected chi connectivity index (χ2v) is 6.39. The number of hydrogen-bond donors (Lipinski definition) is 2. The van der Waals surface area contributed by atoms with Crippen molar-refractivity contribution in [3.63, 3.8) is 0 Å². The summed E-state index contributed by atoms with van der Waals surface area (Å²) in [7, 11) is 0. The summed E-state index contributed by atoms with van der Waals surface area (Å²) in [5, 5.41) is 6.43. The quantitative estimate of drug-likeness (QED) is 0.589. The van der Waals surface area contributed by atoms with E-state index in [4.69, 9.17) is 0 Å². The molecule has 3 nitrogen and oxygen atoms in total. The Morgan fingerprint density at radius 2 is 2.00 bits per heavy atom. The van der Waals surface area contributed by atoms with Gasteiger partial charge in [-0.05, 0) is 24.7 Å². The largest absolute Gasteiger partial charge is 0.353 e. The van der Waals surface area contributed by atoms with E-state index < -0.39 is 0 Å². The zero-order valence-corrected chi connectivity index (χ0v) is 12.3. The molecule has 0 heterocycles. The zero-order chi connectivity index (χ0) is 13.4. The van der Waals surface area contributed by atoms with Crippen molar-refractivity contribution in [3.05, 3.63) is 0 Å². The molecule has 2 N–H and O–H groups in total. The minimum atomic E-state index is 0.203. The molecule has 1 aliphatic carbocycles. The maximum absolute atomic E-state index is 11.5. The van der Waals surface area contributed by atoms with E-state index in [0.717, 1.165) is 13.1 Å². The lowest BCUT2D eigenvalue weighted by atomic mass is 9.87. The second kappa shape index (κ2) is 7.78. The first-order chi connectivity index (χ1) is 8.53. The first kappa shape index (κ1) is 15.5. The minimum absolute atomic E-state index is 0.203. The maximum Gasteiger partial charge on any atom is 0.221 e. The molecule has 1 amide bonds. The van der Waals surface area contributed by atoms with Crippen molar-refractivity contribution in [2.45, 2.75) is 71.8 Å². The third-order valence-electron chi connectivity index (χ3n) is 3.53. The van der Waals surface area contributed by atoms with Gasteiger partial charge in [0.25, 0.3) is 0 Å². The Bertz CT molecular complexity index is 247. The third-order valence-corrected chi connectivity index (χ3v) is 3.53. The molecular formula is C15H30N2O. The van der Waals surface area contributed by atoms with Crippen LogP contribution >= 0.6 is 0 Å². The molecule has 0 bridgehead atoms. The van der Waals surface area contributed by atoms with Gasteiger partial charge in [-0.3, -0.25) is 4.79 Å². The molecule has 0 aromatic carbocycles. The van der Waals surface area contributed by atoms with Gasteiger partial charge >= 0.3 is 0 Å². The summed E-state index contributed by atoms with van der Waals surface area (Å²) >= 11 is 0. The normalized spacial score (nSPS) is 15.7. The second-order valence-electron chi connectivity index (χ2n) is 6.39. The average molecular weight is 254 g/mol. The van der Waals surface area contributed by atoms with E-state index in [-0.39, 0.29) is 5.91 Å². The Labute approximate surface area is 112 Å². The highest BCUT2D eigenvalue weighted by atomic mass is 16.1.